The summed E-state index contributed by atoms with van der Waals surface area (Å²) in [5, 5.41) is 11.2. The van der Waals surface area contributed by atoms with Crippen molar-refractivity contribution in [3.8, 4) is 17.2 Å². The lowest BCUT2D eigenvalue weighted by atomic mass is 9.95. The highest BCUT2D eigenvalue weighted by Gasteiger charge is 2.46. The normalized spacial score (nSPS) is 17.0. The number of benzene rings is 2. The van der Waals surface area contributed by atoms with Crippen LogP contribution >= 0.6 is 0 Å². The monoisotopic (exact) mass is 477 g/mol. The number of carbonyl (C=O) groups is 2. The van der Waals surface area contributed by atoms with Crippen molar-refractivity contribution >= 4 is 17.4 Å². The lowest BCUT2D eigenvalue weighted by Crippen LogP contribution is -2.31. The number of aliphatic hydroxyl groups excluding tert-OH is 1. The van der Waals surface area contributed by atoms with E-state index in [4.69, 9.17) is 14.2 Å². The van der Waals surface area contributed by atoms with Crippen molar-refractivity contribution in [3.05, 3.63) is 77.9 Å². The quantitative estimate of drug-likeness (QED) is 0.286. The fraction of sp³-hybridized carbons (Fsp3) is 0.269. The molecule has 1 N–H and O–H groups in total. The smallest absolute Gasteiger partial charge is 0.295 e. The molecule has 1 aliphatic rings. The zero-order valence-electron chi connectivity index (χ0n) is 19.8. The number of aryl methyl sites for hydroxylation is 1. The fourth-order valence-electron chi connectivity index (χ4n) is 4.25. The Bertz CT molecular complexity index is 1250. The summed E-state index contributed by atoms with van der Waals surface area (Å²) in [7, 11) is 4.56. The highest BCUT2D eigenvalue weighted by atomic mass is 16.5. The van der Waals surface area contributed by atoms with Crippen LogP contribution in [0.25, 0.3) is 5.76 Å². The van der Waals surface area contributed by atoms with Crippen LogP contribution in [0.3, 0.4) is 0 Å². The summed E-state index contributed by atoms with van der Waals surface area (Å²) < 4.78 is 17.9. The molecular formula is C26H27N3O6. The molecular weight excluding hydrogens is 450 g/mol. The molecule has 1 amide bonds. The van der Waals surface area contributed by atoms with Crippen molar-refractivity contribution in [2.45, 2.75) is 19.0 Å². The number of nitrogens with zero attached hydrogens (tertiary/aromatic N) is 3. The van der Waals surface area contributed by atoms with Gasteiger partial charge in [0.05, 0.1) is 39.3 Å². The topological polar surface area (TPSA) is 103 Å². The number of methoxy groups -OCH3 is 3. The molecule has 2 aromatic carbocycles. The molecule has 4 rings (SSSR count). The predicted octanol–water partition coefficient (Wildman–Crippen LogP) is 3.42. The van der Waals surface area contributed by atoms with Crippen LogP contribution in [0.1, 0.15) is 23.6 Å². The maximum absolute atomic E-state index is 13.2. The summed E-state index contributed by atoms with van der Waals surface area (Å²) in [4.78, 5) is 31.9. The van der Waals surface area contributed by atoms with Crippen LogP contribution in [0, 0.1) is 0 Å². The number of imidazole rings is 1. The van der Waals surface area contributed by atoms with Crippen molar-refractivity contribution in [1.29, 1.82) is 0 Å². The number of ketones is 1. The van der Waals surface area contributed by atoms with Crippen LogP contribution in [-0.4, -0.2) is 59.1 Å². The summed E-state index contributed by atoms with van der Waals surface area (Å²) in [6.45, 7) is 0.925. The van der Waals surface area contributed by atoms with Crippen molar-refractivity contribution in [2.24, 2.45) is 0 Å². The third-order valence-electron chi connectivity index (χ3n) is 5.98. The third-order valence-corrected chi connectivity index (χ3v) is 5.98. The first-order chi connectivity index (χ1) is 17.0. The van der Waals surface area contributed by atoms with Gasteiger partial charge in [-0.3, -0.25) is 9.59 Å². The van der Waals surface area contributed by atoms with Gasteiger partial charge in [0, 0.05) is 31.0 Å². The van der Waals surface area contributed by atoms with Crippen LogP contribution in [0.5, 0.6) is 17.2 Å². The minimum absolute atomic E-state index is 0.0121. The Morgan fingerprint density at radius 2 is 1.80 bits per heavy atom. The van der Waals surface area contributed by atoms with Crippen LogP contribution in [-0.2, 0) is 16.1 Å². The molecule has 0 bridgehead atoms. The van der Waals surface area contributed by atoms with Crippen molar-refractivity contribution in [3.63, 3.8) is 0 Å². The third kappa shape index (κ3) is 4.70. The molecule has 1 aliphatic heterocycles. The summed E-state index contributed by atoms with van der Waals surface area (Å²) >= 11 is 0. The highest BCUT2D eigenvalue weighted by molar-refractivity contribution is 6.46. The summed E-state index contributed by atoms with van der Waals surface area (Å²) in [6, 6.07) is 11.1. The van der Waals surface area contributed by atoms with E-state index in [2.05, 4.69) is 4.98 Å². The molecule has 2 heterocycles. The van der Waals surface area contributed by atoms with Gasteiger partial charge in [0.2, 0.25) is 0 Å². The van der Waals surface area contributed by atoms with Gasteiger partial charge in [0.15, 0.2) is 11.5 Å². The van der Waals surface area contributed by atoms with Gasteiger partial charge in [-0.25, -0.2) is 4.98 Å². The summed E-state index contributed by atoms with van der Waals surface area (Å²) in [5.74, 6) is -0.186. The molecule has 182 valence electrons. The first-order valence-corrected chi connectivity index (χ1v) is 11.1. The Labute approximate surface area is 203 Å². The van der Waals surface area contributed by atoms with E-state index in [0.29, 0.717) is 47.9 Å². The number of rotatable bonds is 9. The largest absolute Gasteiger partial charge is 0.507 e. The van der Waals surface area contributed by atoms with E-state index in [9.17, 15) is 14.7 Å². The fourth-order valence-corrected chi connectivity index (χ4v) is 4.25. The van der Waals surface area contributed by atoms with E-state index in [1.54, 1.807) is 55.0 Å². The molecule has 1 fully saturated rings. The minimum atomic E-state index is -0.802. The number of ether oxygens (including phenoxy) is 3. The maximum Gasteiger partial charge on any atom is 0.295 e. The molecule has 9 heteroatoms. The van der Waals surface area contributed by atoms with Gasteiger partial charge in [0.25, 0.3) is 11.7 Å². The Hall–Kier alpha value is -4.27. The molecule has 0 radical (unpaired) electrons. The van der Waals surface area contributed by atoms with Gasteiger partial charge in [-0.2, -0.15) is 0 Å². The molecule has 35 heavy (non-hydrogen) atoms. The molecule has 9 nitrogen and oxygen atoms in total. The van der Waals surface area contributed by atoms with Crippen LogP contribution in [0.4, 0.5) is 0 Å². The average Bonchev–Trinajstić information content (AvgIpc) is 3.50. The van der Waals surface area contributed by atoms with Gasteiger partial charge < -0.3 is 28.8 Å². The van der Waals surface area contributed by atoms with Crippen molar-refractivity contribution in [2.75, 3.05) is 27.9 Å². The van der Waals surface area contributed by atoms with Gasteiger partial charge in [-0.15, -0.1) is 0 Å². The number of hydrogen-bond donors (Lipinski definition) is 1. The standard InChI is InChI=1S/C26H27N3O6/c1-33-19-7-4-6-18(14-19)24(30)22-23(17-8-9-20(34-2)21(15-17)35-3)29(26(32)25(22)31)12-5-11-28-13-10-27-16-28/h4,6-10,13-16,23,30H,5,11-12H2,1-3H3/b24-22+/t23-/m1/s1. The molecule has 0 spiro atoms. The Kier molecular flexibility index (Phi) is 7.05. The highest BCUT2D eigenvalue weighted by Crippen LogP contribution is 2.42. The zero-order chi connectivity index (χ0) is 24.9. The molecule has 0 saturated carbocycles. The van der Waals surface area contributed by atoms with E-state index < -0.39 is 17.7 Å². The Balaban J connectivity index is 1.78. The van der Waals surface area contributed by atoms with Crippen LogP contribution < -0.4 is 14.2 Å². The molecule has 1 aromatic heterocycles. The molecule has 0 aliphatic carbocycles. The van der Waals surface area contributed by atoms with Crippen LogP contribution in [0.15, 0.2) is 66.8 Å². The van der Waals surface area contributed by atoms with Crippen molar-refractivity contribution in [1.82, 2.24) is 14.5 Å². The number of likely N-dealkylation sites (tertiary alicyclic amines) is 1. The number of carbonyl (C=O) groups excluding carboxylic acids is 2. The van der Waals surface area contributed by atoms with E-state index in [-0.39, 0.29) is 11.3 Å². The molecule has 1 saturated heterocycles. The van der Waals surface area contributed by atoms with Gasteiger partial charge in [-0.05, 0) is 36.2 Å². The lowest BCUT2D eigenvalue weighted by Gasteiger charge is -2.26. The second-order valence-electron chi connectivity index (χ2n) is 7.99. The molecule has 1 atom stereocenters. The van der Waals surface area contributed by atoms with E-state index in [0.717, 1.165) is 0 Å². The van der Waals surface area contributed by atoms with Gasteiger partial charge in [-0.1, -0.05) is 18.2 Å². The SMILES string of the molecule is COc1cccc(/C(O)=C2\C(=O)C(=O)N(CCCn3ccnc3)[C@@H]2c2ccc(OC)c(OC)c2)c1. The van der Waals surface area contributed by atoms with Gasteiger partial charge in [0.1, 0.15) is 11.5 Å². The first-order valence-electron chi connectivity index (χ1n) is 11.1. The van der Waals surface area contributed by atoms with E-state index >= 15 is 0 Å². The average molecular weight is 478 g/mol. The molecule has 0 unspecified atom stereocenters. The molecule has 3 aromatic rings. The summed E-state index contributed by atoms with van der Waals surface area (Å²) in [5.41, 5.74) is 1.01. The maximum atomic E-state index is 13.2. The van der Waals surface area contributed by atoms with E-state index in [1.807, 2.05) is 10.8 Å². The lowest BCUT2D eigenvalue weighted by molar-refractivity contribution is -0.139. The number of Topliss-reactive ketones (excluding diaryl/α,β-unsaturated/α-hetero) is 1. The Morgan fingerprint density at radius 1 is 1.00 bits per heavy atom. The van der Waals surface area contributed by atoms with Crippen LogP contribution in [0.2, 0.25) is 0 Å². The minimum Gasteiger partial charge on any atom is -0.507 e. The number of amides is 1. The first kappa shape index (κ1) is 23.9. The van der Waals surface area contributed by atoms with E-state index in [1.165, 1.54) is 26.2 Å². The number of hydrogen-bond acceptors (Lipinski definition) is 7. The zero-order valence-corrected chi connectivity index (χ0v) is 19.8. The Morgan fingerprint density at radius 3 is 2.49 bits per heavy atom. The summed E-state index contributed by atoms with van der Waals surface area (Å²) in [6.07, 6.45) is 5.81. The predicted molar refractivity (Wildman–Crippen MR) is 128 cm³/mol. The number of aromatic nitrogens is 2. The van der Waals surface area contributed by atoms with Gasteiger partial charge >= 0.3 is 0 Å². The van der Waals surface area contributed by atoms with Crippen molar-refractivity contribution < 1.29 is 28.9 Å². The number of aliphatic hydroxyl groups is 1. The second kappa shape index (κ2) is 10.3. The second-order valence-corrected chi connectivity index (χ2v) is 7.99.